The number of ether oxygens (including phenoxy) is 2. The van der Waals surface area contributed by atoms with Crippen LogP contribution in [-0.2, 0) is 0 Å². The molecule has 0 bridgehead atoms. The topological polar surface area (TPSA) is 85.4 Å². The SMILES string of the molecule is COc1cc2ncnc(Nc3ccccc3)c2cc1NC(=O)Oc1ccccc1. The molecule has 0 atom stereocenters. The molecule has 0 saturated heterocycles. The molecule has 144 valence electrons. The van der Waals surface area contributed by atoms with E-state index >= 15 is 0 Å². The number of para-hydroxylation sites is 2. The van der Waals surface area contributed by atoms with Gasteiger partial charge in [-0.25, -0.2) is 14.8 Å². The molecule has 4 aromatic rings. The summed E-state index contributed by atoms with van der Waals surface area (Å²) in [5.41, 5.74) is 2.02. The minimum Gasteiger partial charge on any atom is -0.494 e. The molecule has 1 aromatic heterocycles. The lowest BCUT2D eigenvalue weighted by Crippen LogP contribution is -2.17. The predicted molar refractivity (Wildman–Crippen MR) is 112 cm³/mol. The van der Waals surface area contributed by atoms with Crippen molar-refractivity contribution in [2.24, 2.45) is 0 Å². The number of carbonyl (C=O) groups excluding carboxylic acids is 1. The van der Waals surface area contributed by atoms with Gasteiger partial charge in [-0.15, -0.1) is 0 Å². The quantitative estimate of drug-likeness (QED) is 0.502. The van der Waals surface area contributed by atoms with Gasteiger partial charge in [0, 0.05) is 17.1 Å². The first-order valence-corrected chi connectivity index (χ1v) is 8.91. The van der Waals surface area contributed by atoms with E-state index in [9.17, 15) is 4.79 Å². The van der Waals surface area contributed by atoms with E-state index in [0.717, 1.165) is 11.1 Å². The summed E-state index contributed by atoms with van der Waals surface area (Å²) in [4.78, 5) is 21.0. The Kier molecular flexibility index (Phi) is 5.20. The van der Waals surface area contributed by atoms with Gasteiger partial charge < -0.3 is 14.8 Å². The second-order valence-electron chi connectivity index (χ2n) is 6.11. The van der Waals surface area contributed by atoms with Crippen LogP contribution in [0.15, 0.2) is 79.1 Å². The third kappa shape index (κ3) is 4.24. The number of hydrogen-bond donors (Lipinski definition) is 2. The van der Waals surface area contributed by atoms with Crippen molar-refractivity contribution in [3.63, 3.8) is 0 Å². The van der Waals surface area contributed by atoms with Gasteiger partial charge in [0.05, 0.1) is 18.3 Å². The van der Waals surface area contributed by atoms with Gasteiger partial charge in [0.15, 0.2) is 0 Å². The molecular formula is C22H18N4O3. The summed E-state index contributed by atoms with van der Waals surface area (Å²) >= 11 is 0. The van der Waals surface area contributed by atoms with Crippen LogP contribution in [0, 0.1) is 0 Å². The van der Waals surface area contributed by atoms with Crippen molar-refractivity contribution in [1.82, 2.24) is 9.97 Å². The molecule has 0 saturated carbocycles. The first-order valence-electron chi connectivity index (χ1n) is 8.91. The molecule has 2 N–H and O–H groups in total. The highest BCUT2D eigenvalue weighted by atomic mass is 16.6. The first kappa shape index (κ1) is 18.2. The largest absolute Gasteiger partial charge is 0.494 e. The van der Waals surface area contributed by atoms with Crippen molar-refractivity contribution >= 4 is 34.2 Å². The molecule has 0 spiro atoms. The van der Waals surface area contributed by atoms with Crippen molar-refractivity contribution in [2.45, 2.75) is 0 Å². The summed E-state index contributed by atoms with van der Waals surface area (Å²) in [5, 5.41) is 6.72. The van der Waals surface area contributed by atoms with Crippen LogP contribution in [0.2, 0.25) is 0 Å². The number of carbonyl (C=O) groups is 1. The Hall–Kier alpha value is -4.13. The normalized spacial score (nSPS) is 10.4. The molecule has 29 heavy (non-hydrogen) atoms. The zero-order chi connectivity index (χ0) is 20.1. The number of methoxy groups -OCH3 is 1. The highest BCUT2D eigenvalue weighted by Gasteiger charge is 2.14. The number of aromatic nitrogens is 2. The Morgan fingerprint density at radius 3 is 2.38 bits per heavy atom. The lowest BCUT2D eigenvalue weighted by Gasteiger charge is -2.14. The van der Waals surface area contributed by atoms with Gasteiger partial charge in [-0.05, 0) is 30.3 Å². The van der Waals surface area contributed by atoms with Gasteiger partial charge in [0.2, 0.25) is 0 Å². The maximum atomic E-state index is 12.3. The molecule has 4 rings (SSSR count). The van der Waals surface area contributed by atoms with Crippen LogP contribution >= 0.6 is 0 Å². The molecule has 7 nitrogen and oxygen atoms in total. The fourth-order valence-corrected chi connectivity index (χ4v) is 2.84. The Balaban J connectivity index is 1.66. The van der Waals surface area contributed by atoms with Crippen molar-refractivity contribution in [3.8, 4) is 11.5 Å². The third-order valence-electron chi connectivity index (χ3n) is 4.18. The zero-order valence-electron chi connectivity index (χ0n) is 15.6. The molecule has 0 unspecified atom stereocenters. The van der Waals surface area contributed by atoms with Gasteiger partial charge in [0.1, 0.15) is 23.6 Å². The van der Waals surface area contributed by atoms with E-state index in [0.29, 0.717) is 28.5 Å². The maximum Gasteiger partial charge on any atom is 0.417 e. The number of nitrogens with one attached hydrogen (secondary N) is 2. The van der Waals surface area contributed by atoms with Crippen molar-refractivity contribution in [2.75, 3.05) is 17.7 Å². The molecule has 0 radical (unpaired) electrons. The van der Waals surface area contributed by atoms with E-state index in [-0.39, 0.29) is 0 Å². The number of hydrogen-bond acceptors (Lipinski definition) is 6. The zero-order valence-corrected chi connectivity index (χ0v) is 15.6. The van der Waals surface area contributed by atoms with Crippen LogP contribution in [0.4, 0.5) is 22.0 Å². The fraction of sp³-hybridized carbons (Fsp3) is 0.0455. The van der Waals surface area contributed by atoms with Gasteiger partial charge >= 0.3 is 6.09 Å². The summed E-state index contributed by atoms with van der Waals surface area (Å²) in [6.07, 6.45) is 0.854. The first-order chi connectivity index (χ1) is 14.2. The average molecular weight is 386 g/mol. The van der Waals surface area contributed by atoms with Gasteiger partial charge in [-0.1, -0.05) is 36.4 Å². The Labute approximate surface area is 167 Å². The lowest BCUT2D eigenvalue weighted by atomic mass is 10.2. The van der Waals surface area contributed by atoms with E-state index in [1.807, 2.05) is 36.4 Å². The van der Waals surface area contributed by atoms with Crippen LogP contribution in [0.5, 0.6) is 11.5 Å². The molecule has 3 aromatic carbocycles. The summed E-state index contributed by atoms with van der Waals surface area (Å²) < 4.78 is 10.7. The molecule has 0 aliphatic rings. The van der Waals surface area contributed by atoms with Crippen LogP contribution in [0.1, 0.15) is 0 Å². The average Bonchev–Trinajstić information content (AvgIpc) is 2.75. The van der Waals surface area contributed by atoms with Gasteiger partial charge in [-0.2, -0.15) is 0 Å². The summed E-state index contributed by atoms with van der Waals surface area (Å²) in [6, 6.07) is 22.0. The van der Waals surface area contributed by atoms with Crippen LogP contribution < -0.4 is 20.1 Å². The summed E-state index contributed by atoms with van der Waals surface area (Å²) in [7, 11) is 1.53. The fourth-order valence-electron chi connectivity index (χ4n) is 2.84. The molecule has 1 amide bonds. The van der Waals surface area contributed by atoms with Crippen molar-refractivity contribution in [1.29, 1.82) is 0 Å². The number of benzene rings is 3. The van der Waals surface area contributed by atoms with Crippen molar-refractivity contribution in [3.05, 3.63) is 79.1 Å². The molecule has 0 fully saturated rings. The van der Waals surface area contributed by atoms with Crippen LogP contribution in [-0.4, -0.2) is 23.2 Å². The molecular weight excluding hydrogens is 368 g/mol. The van der Waals surface area contributed by atoms with Gasteiger partial charge in [-0.3, -0.25) is 5.32 Å². The smallest absolute Gasteiger partial charge is 0.417 e. The monoisotopic (exact) mass is 386 g/mol. The molecule has 1 heterocycles. The Morgan fingerprint density at radius 2 is 1.66 bits per heavy atom. The van der Waals surface area contributed by atoms with Crippen molar-refractivity contribution < 1.29 is 14.3 Å². The number of rotatable bonds is 5. The van der Waals surface area contributed by atoms with E-state index in [2.05, 4.69) is 20.6 Å². The number of anilines is 3. The number of fused-ring (bicyclic) bond motifs is 1. The molecule has 0 aliphatic heterocycles. The summed E-state index contributed by atoms with van der Waals surface area (Å²) in [6.45, 7) is 0. The lowest BCUT2D eigenvalue weighted by molar-refractivity contribution is 0.215. The standard InChI is InChI=1S/C22H18N4O3/c1-28-20-13-18-17(21(24-14-23-18)25-15-8-4-2-5-9-15)12-19(20)26-22(27)29-16-10-6-3-7-11-16/h2-14H,1H3,(H,26,27)(H,23,24,25). The minimum atomic E-state index is -0.622. The Morgan fingerprint density at radius 1 is 0.931 bits per heavy atom. The highest BCUT2D eigenvalue weighted by molar-refractivity contribution is 5.98. The van der Waals surface area contributed by atoms with Crippen LogP contribution in [0.3, 0.4) is 0 Å². The second kappa shape index (κ2) is 8.26. The van der Waals surface area contributed by atoms with E-state index in [4.69, 9.17) is 9.47 Å². The highest BCUT2D eigenvalue weighted by Crippen LogP contribution is 2.33. The van der Waals surface area contributed by atoms with Gasteiger partial charge in [0.25, 0.3) is 0 Å². The maximum absolute atomic E-state index is 12.3. The minimum absolute atomic E-state index is 0.444. The number of nitrogens with zero attached hydrogens (tertiary/aromatic N) is 2. The van der Waals surface area contributed by atoms with Crippen LogP contribution in [0.25, 0.3) is 10.9 Å². The molecule has 0 aliphatic carbocycles. The third-order valence-corrected chi connectivity index (χ3v) is 4.18. The Bertz CT molecular complexity index is 1130. The van der Waals surface area contributed by atoms with E-state index in [1.54, 1.807) is 36.4 Å². The second-order valence-corrected chi connectivity index (χ2v) is 6.11. The molecule has 7 heteroatoms. The van der Waals surface area contributed by atoms with E-state index in [1.165, 1.54) is 13.4 Å². The number of amides is 1. The predicted octanol–water partition coefficient (Wildman–Crippen LogP) is 4.99. The van der Waals surface area contributed by atoms with E-state index < -0.39 is 6.09 Å². The summed E-state index contributed by atoms with van der Waals surface area (Å²) in [5.74, 6) is 1.52.